The van der Waals surface area contributed by atoms with Crippen LogP contribution in [0.4, 0.5) is 0 Å². The fourth-order valence-corrected chi connectivity index (χ4v) is 2.49. The van der Waals surface area contributed by atoms with E-state index in [1.54, 1.807) is 0 Å². The van der Waals surface area contributed by atoms with Gasteiger partial charge in [0.25, 0.3) is 0 Å². The molecule has 1 heteroatoms. The highest BCUT2D eigenvalue weighted by Gasteiger charge is 2.02. The second-order valence-electron chi connectivity index (χ2n) is 6.49. The monoisotopic (exact) mass is 300 g/mol. The zero-order chi connectivity index (χ0) is 16.4. The highest BCUT2D eigenvalue weighted by Crippen LogP contribution is 2.22. The Labute approximate surface area is 136 Å². The molecule has 0 spiro atoms. The number of hydrogen-bond donors (Lipinski definition) is 1. The number of rotatable bonds is 9. The second kappa shape index (κ2) is 10.3. The van der Waals surface area contributed by atoms with Crippen molar-refractivity contribution in [1.82, 2.24) is 0 Å². The summed E-state index contributed by atoms with van der Waals surface area (Å²) in [6, 6.07) is 6.19. The summed E-state index contributed by atoms with van der Waals surface area (Å²) in [6.45, 7) is 8.67. The van der Waals surface area contributed by atoms with Gasteiger partial charge in [-0.2, -0.15) is 0 Å². The predicted octanol–water partition coefficient (Wildman–Crippen LogP) is 6.36. The zero-order valence-electron chi connectivity index (χ0n) is 14.8. The van der Waals surface area contributed by atoms with E-state index in [0.717, 1.165) is 31.2 Å². The van der Waals surface area contributed by atoms with E-state index in [-0.39, 0.29) is 0 Å². The molecule has 1 aromatic carbocycles. The molecule has 0 aromatic heterocycles. The molecule has 22 heavy (non-hydrogen) atoms. The van der Waals surface area contributed by atoms with E-state index in [2.05, 4.69) is 52.0 Å². The molecule has 1 nitrogen and oxygen atoms in total. The molecule has 122 valence electrons. The van der Waals surface area contributed by atoms with E-state index in [9.17, 15) is 5.11 Å². The van der Waals surface area contributed by atoms with Crippen molar-refractivity contribution in [3.05, 3.63) is 52.6 Å². The van der Waals surface area contributed by atoms with Crippen molar-refractivity contribution in [3.8, 4) is 5.75 Å². The van der Waals surface area contributed by atoms with Gasteiger partial charge in [-0.25, -0.2) is 0 Å². The summed E-state index contributed by atoms with van der Waals surface area (Å²) in [7, 11) is 0. The number of allylic oxidation sites excluding steroid dienone is 4. The maximum absolute atomic E-state index is 10.2. The average molecular weight is 300 g/mol. The van der Waals surface area contributed by atoms with Crippen molar-refractivity contribution >= 4 is 0 Å². The highest BCUT2D eigenvalue weighted by atomic mass is 16.3. The SMILES string of the molecule is CCCCCc1ccc(C/C=C(\C)CCC=C(C)C)c(O)c1. The normalized spacial score (nSPS) is 11.5. The molecule has 0 bridgehead atoms. The Morgan fingerprint density at radius 3 is 2.50 bits per heavy atom. The van der Waals surface area contributed by atoms with Gasteiger partial charge in [0.1, 0.15) is 5.75 Å². The van der Waals surface area contributed by atoms with Gasteiger partial charge < -0.3 is 5.11 Å². The van der Waals surface area contributed by atoms with Crippen LogP contribution in [0.5, 0.6) is 5.75 Å². The van der Waals surface area contributed by atoms with Crippen LogP contribution in [0, 0.1) is 0 Å². The molecule has 0 aliphatic rings. The molecule has 0 saturated heterocycles. The number of benzene rings is 1. The van der Waals surface area contributed by atoms with Crippen LogP contribution in [0.1, 0.15) is 70.9 Å². The van der Waals surface area contributed by atoms with E-state index < -0.39 is 0 Å². The first-order valence-electron chi connectivity index (χ1n) is 8.62. The number of aromatic hydroxyl groups is 1. The summed E-state index contributed by atoms with van der Waals surface area (Å²) >= 11 is 0. The molecular weight excluding hydrogens is 268 g/mol. The van der Waals surface area contributed by atoms with Gasteiger partial charge in [-0.1, -0.05) is 55.2 Å². The van der Waals surface area contributed by atoms with Crippen LogP contribution in [0.3, 0.4) is 0 Å². The maximum atomic E-state index is 10.2. The quantitative estimate of drug-likeness (QED) is 0.415. The van der Waals surface area contributed by atoms with Crippen LogP contribution in [0.25, 0.3) is 0 Å². The summed E-state index contributed by atoms with van der Waals surface area (Å²) in [5.41, 5.74) is 5.05. The lowest BCUT2D eigenvalue weighted by atomic mass is 10.0. The van der Waals surface area contributed by atoms with Gasteiger partial charge in [0.15, 0.2) is 0 Å². The van der Waals surface area contributed by atoms with Crippen molar-refractivity contribution in [2.75, 3.05) is 0 Å². The smallest absolute Gasteiger partial charge is 0.119 e. The molecule has 1 rings (SSSR count). The first kappa shape index (κ1) is 18.5. The Balaban J connectivity index is 2.53. The minimum Gasteiger partial charge on any atom is -0.508 e. The fraction of sp³-hybridized carbons (Fsp3) is 0.524. The summed E-state index contributed by atoms with van der Waals surface area (Å²) in [5.74, 6) is 0.447. The van der Waals surface area contributed by atoms with Gasteiger partial charge in [-0.15, -0.1) is 0 Å². The Morgan fingerprint density at radius 1 is 1.09 bits per heavy atom. The minimum atomic E-state index is 0.447. The number of unbranched alkanes of at least 4 members (excludes halogenated alkanes) is 2. The number of phenols is 1. The Bertz CT molecular complexity index is 505. The lowest BCUT2D eigenvalue weighted by Crippen LogP contribution is -1.89. The van der Waals surface area contributed by atoms with Crippen LogP contribution < -0.4 is 0 Å². The molecule has 1 N–H and O–H groups in total. The van der Waals surface area contributed by atoms with Gasteiger partial charge in [0.05, 0.1) is 0 Å². The topological polar surface area (TPSA) is 20.2 Å². The first-order chi connectivity index (χ1) is 10.5. The van der Waals surface area contributed by atoms with Crippen LogP contribution in [-0.2, 0) is 12.8 Å². The molecular formula is C21H32O. The number of aryl methyl sites for hydroxylation is 1. The summed E-state index contributed by atoms with van der Waals surface area (Å²) < 4.78 is 0. The standard InChI is InChI=1S/C21H32O/c1-5-6-7-11-19-13-15-20(21(22)16-19)14-12-18(4)10-8-9-17(2)3/h9,12-13,15-16,22H,5-8,10-11,14H2,1-4H3/b18-12+. The molecule has 0 atom stereocenters. The van der Waals surface area contributed by atoms with Crippen molar-refractivity contribution < 1.29 is 5.11 Å². The van der Waals surface area contributed by atoms with Gasteiger partial charge in [0, 0.05) is 0 Å². The zero-order valence-corrected chi connectivity index (χ0v) is 14.8. The highest BCUT2D eigenvalue weighted by molar-refractivity contribution is 5.38. The summed E-state index contributed by atoms with van der Waals surface area (Å²) in [4.78, 5) is 0. The lowest BCUT2D eigenvalue weighted by Gasteiger charge is -2.07. The number of phenolic OH excluding ortho intramolecular Hbond substituents is 1. The molecule has 0 fully saturated rings. The Hall–Kier alpha value is -1.50. The van der Waals surface area contributed by atoms with E-state index in [1.807, 2.05) is 6.07 Å². The van der Waals surface area contributed by atoms with Gasteiger partial charge in [0.2, 0.25) is 0 Å². The molecule has 0 heterocycles. The van der Waals surface area contributed by atoms with Crippen LogP contribution in [0.15, 0.2) is 41.5 Å². The molecule has 0 amide bonds. The first-order valence-corrected chi connectivity index (χ1v) is 8.62. The third-order valence-electron chi connectivity index (χ3n) is 3.98. The largest absolute Gasteiger partial charge is 0.508 e. The van der Waals surface area contributed by atoms with Crippen molar-refractivity contribution in [2.45, 2.75) is 72.6 Å². The predicted molar refractivity (Wildman–Crippen MR) is 97.5 cm³/mol. The van der Waals surface area contributed by atoms with Crippen LogP contribution in [0.2, 0.25) is 0 Å². The second-order valence-corrected chi connectivity index (χ2v) is 6.49. The molecule has 1 aromatic rings. The molecule has 0 saturated carbocycles. The van der Waals surface area contributed by atoms with Gasteiger partial charge in [-0.05, 0) is 70.1 Å². The van der Waals surface area contributed by atoms with E-state index in [4.69, 9.17) is 0 Å². The lowest BCUT2D eigenvalue weighted by molar-refractivity contribution is 0.468. The molecule has 0 aliphatic heterocycles. The number of hydrogen-bond acceptors (Lipinski definition) is 1. The summed E-state index contributed by atoms with van der Waals surface area (Å²) in [6.07, 6.45) is 12.3. The molecule has 0 unspecified atom stereocenters. The molecule has 0 aliphatic carbocycles. The third kappa shape index (κ3) is 7.49. The van der Waals surface area contributed by atoms with E-state index in [0.29, 0.717) is 5.75 Å². The van der Waals surface area contributed by atoms with Crippen LogP contribution >= 0.6 is 0 Å². The van der Waals surface area contributed by atoms with Crippen LogP contribution in [-0.4, -0.2) is 5.11 Å². The van der Waals surface area contributed by atoms with E-state index in [1.165, 1.54) is 36.0 Å². The summed E-state index contributed by atoms with van der Waals surface area (Å²) in [5, 5.41) is 10.2. The van der Waals surface area contributed by atoms with E-state index >= 15 is 0 Å². The van der Waals surface area contributed by atoms with Crippen molar-refractivity contribution in [1.29, 1.82) is 0 Å². The Morgan fingerprint density at radius 2 is 1.86 bits per heavy atom. The van der Waals surface area contributed by atoms with Crippen molar-refractivity contribution in [3.63, 3.8) is 0 Å². The molecule has 0 radical (unpaired) electrons. The minimum absolute atomic E-state index is 0.447. The third-order valence-corrected chi connectivity index (χ3v) is 3.98. The maximum Gasteiger partial charge on any atom is 0.119 e. The van der Waals surface area contributed by atoms with Gasteiger partial charge >= 0.3 is 0 Å². The van der Waals surface area contributed by atoms with Crippen molar-refractivity contribution in [2.24, 2.45) is 0 Å². The van der Waals surface area contributed by atoms with Gasteiger partial charge in [-0.3, -0.25) is 0 Å². The average Bonchev–Trinajstić information content (AvgIpc) is 2.46. The fourth-order valence-electron chi connectivity index (χ4n) is 2.49. The Kier molecular flexibility index (Phi) is 8.65.